The Morgan fingerprint density at radius 2 is 1.73 bits per heavy atom. The third-order valence-corrected chi connectivity index (χ3v) is 3.98. The number of ketones is 1. The molecule has 0 amide bonds. The summed E-state index contributed by atoms with van der Waals surface area (Å²) in [5.74, 6) is 0.928. The van der Waals surface area contributed by atoms with E-state index >= 15 is 0 Å². The zero-order valence-corrected chi connectivity index (χ0v) is 14.2. The number of carbonyl (C=O) groups excluding carboxylic acids is 1. The second-order valence-electron chi connectivity index (χ2n) is 5.69. The Labute approximate surface area is 149 Å². The van der Waals surface area contributed by atoms with E-state index in [1.807, 2.05) is 30.3 Å². The van der Waals surface area contributed by atoms with Crippen molar-refractivity contribution in [1.29, 1.82) is 0 Å². The lowest BCUT2D eigenvalue weighted by atomic mass is 10.1. The van der Waals surface area contributed by atoms with Crippen LogP contribution in [0, 0.1) is 6.92 Å². The summed E-state index contributed by atoms with van der Waals surface area (Å²) in [6.45, 7) is 1.74. The summed E-state index contributed by atoms with van der Waals surface area (Å²) in [6.07, 6.45) is 0. The molecule has 7 heteroatoms. The Hall–Kier alpha value is -3.61. The number of fused-ring (bicyclic) bond motifs is 1. The number of hydrogen-bond acceptors (Lipinski definition) is 6. The maximum atomic E-state index is 12.9. The highest BCUT2D eigenvalue weighted by Gasteiger charge is 2.21. The van der Waals surface area contributed by atoms with Gasteiger partial charge >= 0.3 is 0 Å². The maximum absolute atomic E-state index is 12.9. The van der Waals surface area contributed by atoms with Crippen molar-refractivity contribution >= 4 is 16.9 Å². The molecular weight excluding hydrogens is 330 g/mol. The molecule has 7 nitrogen and oxygen atoms in total. The van der Waals surface area contributed by atoms with E-state index in [4.69, 9.17) is 4.74 Å². The van der Waals surface area contributed by atoms with Gasteiger partial charge in [0, 0.05) is 5.56 Å². The topological polar surface area (TPSA) is 82.8 Å². The third-order valence-electron chi connectivity index (χ3n) is 3.98. The first-order chi connectivity index (χ1) is 12.7. The molecule has 26 heavy (non-hydrogen) atoms. The van der Waals surface area contributed by atoms with Gasteiger partial charge < -0.3 is 4.74 Å². The van der Waals surface area contributed by atoms with Crippen LogP contribution < -0.4 is 4.74 Å². The van der Waals surface area contributed by atoms with Crippen molar-refractivity contribution in [2.24, 2.45) is 0 Å². The van der Waals surface area contributed by atoms with E-state index in [1.54, 1.807) is 43.0 Å². The minimum Gasteiger partial charge on any atom is -0.497 e. The fourth-order valence-electron chi connectivity index (χ4n) is 2.70. The third kappa shape index (κ3) is 2.69. The number of carbonyl (C=O) groups is 1. The largest absolute Gasteiger partial charge is 0.497 e. The van der Waals surface area contributed by atoms with Gasteiger partial charge in [-0.25, -0.2) is 9.97 Å². The van der Waals surface area contributed by atoms with Gasteiger partial charge in [0.25, 0.3) is 0 Å². The Morgan fingerprint density at radius 3 is 2.42 bits per heavy atom. The number of aryl methyl sites for hydroxylation is 1. The summed E-state index contributed by atoms with van der Waals surface area (Å²) in [5.41, 5.74) is 2.43. The van der Waals surface area contributed by atoms with Crippen molar-refractivity contribution < 1.29 is 9.53 Å². The van der Waals surface area contributed by atoms with Crippen LogP contribution in [0.2, 0.25) is 0 Å². The van der Waals surface area contributed by atoms with E-state index in [0.29, 0.717) is 28.3 Å². The number of benzene rings is 2. The summed E-state index contributed by atoms with van der Waals surface area (Å²) in [7, 11) is 1.58. The molecule has 2 aromatic carbocycles. The molecule has 0 unspecified atom stereocenters. The van der Waals surface area contributed by atoms with Crippen molar-refractivity contribution in [2.75, 3.05) is 7.11 Å². The molecule has 0 aliphatic heterocycles. The highest BCUT2D eigenvalue weighted by atomic mass is 16.5. The Balaban J connectivity index is 1.85. The van der Waals surface area contributed by atoms with E-state index in [2.05, 4.69) is 20.3 Å². The van der Waals surface area contributed by atoms with Gasteiger partial charge in [0.15, 0.2) is 11.2 Å². The smallest absolute Gasteiger partial charge is 0.213 e. The fourth-order valence-corrected chi connectivity index (χ4v) is 2.70. The van der Waals surface area contributed by atoms with Gasteiger partial charge in [-0.15, -0.1) is 5.10 Å². The summed E-state index contributed by atoms with van der Waals surface area (Å²) in [5, 5.41) is 8.32. The monoisotopic (exact) mass is 345 g/mol. The number of methoxy groups -OCH3 is 1. The highest BCUT2D eigenvalue weighted by molar-refractivity contribution is 6.13. The van der Waals surface area contributed by atoms with E-state index in [-0.39, 0.29) is 11.5 Å². The Kier molecular flexibility index (Phi) is 3.89. The molecule has 0 bridgehead atoms. The predicted octanol–water partition coefficient (Wildman–Crippen LogP) is 2.76. The molecule has 0 fully saturated rings. The molecule has 0 saturated carbocycles. The summed E-state index contributed by atoms with van der Waals surface area (Å²) in [4.78, 5) is 21.7. The van der Waals surface area contributed by atoms with Gasteiger partial charge in [-0.1, -0.05) is 23.4 Å². The number of ether oxygens (including phenoxy) is 1. The molecule has 2 heterocycles. The average molecular weight is 345 g/mol. The van der Waals surface area contributed by atoms with Crippen LogP contribution in [-0.2, 0) is 0 Å². The summed E-state index contributed by atoms with van der Waals surface area (Å²) in [6, 6.07) is 16.4. The minimum absolute atomic E-state index is 0.233. The molecule has 0 N–H and O–H groups in total. The Morgan fingerprint density at radius 1 is 1.00 bits per heavy atom. The van der Waals surface area contributed by atoms with Gasteiger partial charge in [0.05, 0.1) is 12.8 Å². The molecule has 0 spiro atoms. The lowest BCUT2D eigenvalue weighted by Crippen LogP contribution is -2.08. The van der Waals surface area contributed by atoms with Gasteiger partial charge in [-0.2, -0.15) is 4.68 Å². The number of aromatic nitrogens is 5. The zero-order chi connectivity index (χ0) is 18.1. The molecule has 128 valence electrons. The maximum Gasteiger partial charge on any atom is 0.213 e. The number of nitrogens with zero attached hydrogens (tertiary/aromatic N) is 5. The van der Waals surface area contributed by atoms with Crippen molar-refractivity contribution in [2.45, 2.75) is 6.92 Å². The summed E-state index contributed by atoms with van der Waals surface area (Å²) >= 11 is 0. The van der Waals surface area contributed by atoms with E-state index in [1.165, 1.54) is 0 Å². The molecule has 0 aliphatic carbocycles. The fraction of sp³-hybridized carbons (Fsp3) is 0.105. The lowest BCUT2D eigenvalue weighted by Gasteiger charge is -2.05. The first-order valence-electron chi connectivity index (χ1n) is 8.01. The van der Waals surface area contributed by atoms with Gasteiger partial charge in [0.1, 0.15) is 17.3 Å². The van der Waals surface area contributed by atoms with E-state index in [0.717, 1.165) is 5.69 Å². The predicted molar refractivity (Wildman–Crippen MR) is 95.6 cm³/mol. The first kappa shape index (κ1) is 15.9. The van der Waals surface area contributed by atoms with Crippen molar-refractivity contribution in [3.8, 4) is 11.4 Å². The van der Waals surface area contributed by atoms with Gasteiger partial charge in [0.2, 0.25) is 5.78 Å². The molecular formula is C19H15N5O2. The molecule has 0 aliphatic rings. The standard InChI is InChI=1S/C19H15N5O2/c1-12-20-16(18(25)13-8-10-15(26-2)11-9-13)17-19(21-12)24(23-22-17)14-6-4-3-5-7-14/h3-11H,1-2H3. The number of hydrogen-bond donors (Lipinski definition) is 0. The minimum atomic E-state index is -0.233. The second-order valence-corrected chi connectivity index (χ2v) is 5.69. The highest BCUT2D eigenvalue weighted by Crippen LogP contribution is 2.20. The van der Waals surface area contributed by atoms with Gasteiger partial charge in [-0.05, 0) is 43.3 Å². The van der Waals surface area contributed by atoms with Crippen LogP contribution in [0.5, 0.6) is 5.75 Å². The van der Waals surface area contributed by atoms with Crippen LogP contribution in [0.25, 0.3) is 16.9 Å². The zero-order valence-electron chi connectivity index (χ0n) is 14.2. The van der Waals surface area contributed by atoms with Crippen molar-refractivity contribution in [1.82, 2.24) is 25.0 Å². The molecule has 4 aromatic rings. The van der Waals surface area contributed by atoms with Crippen LogP contribution in [0.1, 0.15) is 21.9 Å². The average Bonchev–Trinajstić information content (AvgIpc) is 3.11. The van der Waals surface area contributed by atoms with Crippen LogP contribution in [0.4, 0.5) is 0 Å². The van der Waals surface area contributed by atoms with Crippen LogP contribution >= 0.6 is 0 Å². The molecule has 0 saturated heterocycles. The molecule has 2 aromatic heterocycles. The van der Waals surface area contributed by atoms with E-state index < -0.39 is 0 Å². The van der Waals surface area contributed by atoms with Gasteiger partial charge in [-0.3, -0.25) is 4.79 Å². The molecule has 0 atom stereocenters. The second kappa shape index (κ2) is 6.36. The lowest BCUT2D eigenvalue weighted by molar-refractivity contribution is 0.103. The quantitative estimate of drug-likeness (QED) is 0.529. The van der Waals surface area contributed by atoms with Crippen molar-refractivity contribution in [3.05, 3.63) is 71.7 Å². The number of para-hydroxylation sites is 1. The van der Waals surface area contributed by atoms with Crippen LogP contribution in [0.15, 0.2) is 54.6 Å². The molecule has 0 radical (unpaired) electrons. The van der Waals surface area contributed by atoms with Crippen molar-refractivity contribution in [3.63, 3.8) is 0 Å². The number of rotatable bonds is 4. The first-order valence-corrected chi connectivity index (χ1v) is 8.01. The Bertz CT molecular complexity index is 1090. The van der Waals surface area contributed by atoms with Crippen LogP contribution in [-0.4, -0.2) is 37.9 Å². The summed E-state index contributed by atoms with van der Waals surface area (Å²) < 4.78 is 6.74. The van der Waals surface area contributed by atoms with E-state index in [9.17, 15) is 4.79 Å². The normalized spacial score (nSPS) is 10.8. The SMILES string of the molecule is COc1ccc(C(=O)c2nc(C)nc3c2nnn3-c2ccccc2)cc1. The molecule has 4 rings (SSSR count). The van der Waals surface area contributed by atoms with Crippen LogP contribution in [0.3, 0.4) is 0 Å².